The van der Waals surface area contributed by atoms with Crippen molar-refractivity contribution >= 4 is 43.1 Å². The summed E-state index contributed by atoms with van der Waals surface area (Å²) in [6.45, 7) is 7.83. The Labute approximate surface area is 110 Å². The van der Waals surface area contributed by atoms with Crippen LogP contribution in [-0.4, -0.2) is 4.57 Å². The second-order valence-corrected chi connectivity index (χ2v) is 7.16. The summed E-state index contributed by atoms with van der Waals surface area (Å²) in [5.74, 6) is 0. The number of unbranched alkanes of at least 4 members (excludes halogenated alkanes) is 1. The quantitative estimate of drug-likeness (QED) is 0.601. The molecule has 0 atom stereocenters. The first-order valence-corrected chi connectivity index (χ1v) is 7.82. The summed E-state index contributed by atoms with van der Waals surface area (Å²) in [6.07, 6.45) is 2.52. The molecule has 0 aliphatic heterocycles. The number of thiophene rings is 2. The van der Waals surface area contributed by atoms with Gasteiger partial charge in [-0.2, -0.15) is 0 Å². The number of nitrogens with zero attached hydrogens (tertiary/aromatic N) is 1. The minimum atomic E-state index is 1.16. The van der Waals surface area contributed by atoms with E-state index in [-0.39, 0.29) is 0 Å². The number of hydrogen-bond acceptors (Lipinski definition) is 2. The Morgan fingerprint density at radius 1 is 1.00 bits per heavy atom. The maximum atomic E-state index is 2.52. The van der Waals surface area contributed by atoms with Gasteiger partial charge in [0, 0.05) is 16.3 Å². The topological polar surface area (TPSA) is 4.93 Å². The Morgan fingerprint density at radius 2 is 1.53 bits per heavy atom. The lowest BCUT2D eigenvalue weighted by molar-refractivity contribution is 0.665. The average molecular weight is 263 g/mol. The van der Waals surface area contributed by atoms with Crippen LogP contribution in [0.15, 0.2) is 12.1 Å². The predicted octanol–water partition coefficient (Wildman–Crippen LogP) is 5.33. The van der Waals surface area contributed by atoms with Gasteiger partial charge in [-0.3, -0.25) is 0 Å². The normalized spacial score (nSPS) is 11.9. The van der Waals surface area contributed by atoms with Gasteiger partial charge in [-0.25, -0.2) is 0 Å². The van der Waals surface area contributed by atoms with Crippen molar-refractivity contribution in [3.05, 3.63) is 21.9 Å². The number of hydrogen-bond donors (Lipinski definition) is 0. The van der Waals surface area contributed by atoms with Crippen LogP contribution in [-0.2, 0) is 6.54 Å². The zero-order valence-corrected chi connectivity index (χ0v) is 12.2. The Morgan fingerprint density at radius 3 is 2.00 bits per heavy atom. The third-order valence-electron chi connectivity index (χ3n) is 3.19. The van der Waals surface area contributed by atoms with Gasteiger partial charge in [-0.05, 0) is 32.4 Å². The Kier molecular flexibility index (Phi) is 2.75. The van der Waals surface area contributed by atoms with Crippen molar-refractivity contribution in [3.8, 4) is 0 Å². The van der Waals surface area contributed by atoms with Crippen molar-refractivity contribution in [2.24, 2.45) is 0 Å². The summed E-state index contributed by atoms with van der Waals surface area (Å²) in [5.41, 5.74) is 2.89. The standard InChI is InChI=1S/C14H17NS2/c1-4-5-6-15-11-7-9(2)16-13(11)14-12(15)8-10(3)17-14/h7-8H,4-6H2,1-3H3. The van der Waals surface area contributed by atoms with Gasteiger partial charge in [0.25, 0.3) is 0 Å². The summed E-state index contributed by atoms with van der Waals surface area (Å²) in [5, 5.41) is 0. The van der Waals surface area contributed by atoms with Crippen LogP contribution in [0.4, 0.5) is 0 Å². The van der Waals surface area contributed by atoms with Crippen LogP contribution < -0.4 is 0 Å². The molecular weight excluding hydrogens is 246 g/mol. The van der Waals surface area contributed by atoms with Gasteiger partial charge in [0.15, 0.2) is 0 Å². The van der Waals surface area contributed by atoms with Crippen molar-refractivity contribution < 1.29 is 0 Å². The molecule has 1 nitrogen and oxygen atoms in total. The van der Waals surface area contributed by atoms with Crippen LogP contribution in [0.5, 0.6) is 0 Å². The zero-order valence-electron chi connectivity index (χ0n) is 10.5. The van der Waals surface area contributed by atoms with E-state index in [0.29, 0.717) is 0 Å². The van der Waals surface area contributed by atoms with Crippen LogP contribution >= 0.6 is 22.7 Å². The Bertz CT molecular complexity index is 615. The fourth-order valence-electron chi connectivity index (χ4n) is 2.41. The molecule has 90 valence electrons. The smallest absolute Gasteiger partial charge is 0.0703 e. The first-order chi connectivity index (χ1) is 8.20. The highest BCUT2D eigenvalue weighted by Gasteiger charge is 2.14. The summed E-state index contributed by atoms with van der Waals surface area (Å²) in [7, 11) is 0. The fourth-order valence-corrected chi connectivity index (χ4v) is 4.59. The van der Waals surface area contributed by atoms with Gasteiger partial charge >= 0.3 is 0 Å². The van der Waals surface area contributed by atoms with E-state index in [1.54, 1.807) is 0 Å². The molecule has 0 N–H and O–H groups in total. The second kappa shape index (κ2) is 4.14. The van der Waals surface area contributed by atoms with Crippen molar-refractivity contribution in [3.63, 3.8) is 0 Å². The van der Waals surface area contributed by atoms with Gasteiger partial charge in [-0.1, -0.05) is 13.3 Å². The molecule has 0 saturated heterocycles. The molecule has 0 saturated carbocycles. The van der Waals surface area contributed by atoms with E-state index in [1.165, 1.54) is 43.0 Å². The highest BCUT2D eigenvalue weighted by Crippen LogP contribution is 2.39. The fraction of sp³-hybridized carbons (Fsp3) is 0.429. The summed E-state index contributed by atoms with van der Waals surface area (Å²) in [6, 6.07) is 4.69. The van der Waals surface area contributed by atoms with Crippen molar-refractivity contribution in [1.29, 1.82) is 0 Å². The van der Waals surface area contributed by atoms with E-state index in [4.69, 9.17) is 0 Å². The lowest BCUT2D eigenvalue weighted by Crippen LogP contribution is -1.95. The molecule has 0 radical (unpaired) electrons. The van der Waals surface area contributed by atoms with E-state index in [2.05, 4.69) is 37.5 Å². The van der Waals surface area contributed by atoms with E-state index < -0.39 is 0 Å². The molecule has 0 spiro atoms. The molecule has 0 unspecified atom stereocenters. The zero-order chi connectivity index (χ0) is 12.0. The van der Waals surface area contributed by atoms with E-state index >= 15 is 0 Å². The number of aromatic nitrogens is 1. The molecule has 3 heterocycles. The maximum Gasteiger partial charge on any atom is 0.0703 e. The van der Waals surface area contributed by atoms with Gasteiger partial charge in [0.1, 0.15) is 0 Å². The van der Waals surface area contributed by atoms with E-state index in [0.717, 1.165) is 6.54 Å². The molecule has 0 aliphatic carbocycles. The highest BCUT2D eigenvalue weighted by atomic mass is 32.1. The first-order valence-electron chi connectivity index (χ1n) is 6.19. The Hall–Kier alpha value is -0.800. The second-order valence-electron chi connectivity index (χ2n) is 4.65. The summed E-state index contributed by atoms with van der Waals surface area (Å²) < 4.78 is 5.50. The Balaban J connectivity index is 2.30. The van der Waals surface area contributed by atoms with E-state index in [9.17, 15) is 0 Å². The van der Waals surface area contributed by atoms with Crippen LogP contribution in [0.25, 0.3) is 20.4 Å². The molecule has 0 bridgehead atoms. The largest absolute Gasteiger partial charge is 0.339 e. The number of rotatable bonds is 3. The van der Waals surface area contributed by atoms with Gasteiger partial charge in [0.05, 0.1) is 20.4 Å². The molecule has 0 amide bonds. The van der Waals surface area contributed by atoms with Crippen LogP contribution in [0.1, 0.15) is 29.5 Å². The van der Waals surface area contributed by atoms with Crippen molar-refractivity contribution in [2.45, 2.75) is 40.2 Å². The van der Waals surface area contributed by atoms with Gasteiger partial charge < -0.3 is 4.57 Å². The minimum Gasteiger partial charge on any atom is -0.339 e. The maximum absolute atomic E-state index is 2.52. The van der Waals surface area contributed by atoms with Crippen molar-refractivity contribution in [2.75, 3.05) is 0 Å². The molecule has 0 aliphatic rings. The lowest BCUT2D eigenvalue weighted by Gasteiger charge is -2.03. The predicted molar refractivity (Wildman–Crippen MR) is 79.6 cm³/mol. The molecule has 3 heteroatoms. The van der Waals surface area contributed by atoms with Crippen LogP contribution in [0, 0.1) is 13.8 Å². The average Bonchev–Trinajstić information content (AvgIpc) is 2.88. The molecule has 0 aromatic carbocycles. The monoisotopic (exact) mass is 263 g/mol. The first kappa shape index (κ1) is 11.3. The van der Waals surface area contributed by atoms with Crippen molar-refractivity contribution in [1.82, 2.24) is 4.57 Å². The summed E-state index contributed by atoms with van der Waals surface area (Å²) >= 11 is 3.88. The molecule has 0 fully saturated rings. The van der Waals surface area contributed by atoms with Gasteiger partial charge in [-0.15, -0.1) is 22.7 Å². The SMILES string of the molecule is CCCCn1c2cc(C)sc2c2sc(C)cc21. The third-order valence-corrected chi connectivity index (χ3v) is 5.44. The van der Waals surface area contributed by atoms with E-state index in [1.807, 2.05) is 22.7 Å². The highest BCUT2D eigenvalue weighted by molar-refractivity contribution is 7.27. The number of fused-ring (bicyclic) bond motifs is 3. The molecule has 3 aromatic rings. The van der Waals surface area contributed by atoms with Crippen LogP contribution in [0.3, 0.4) is 0 Å². The molecular formula is C14H17NS2. The lowest BCUT2D eigenvalue weighted by atomic mass is 10.3. The molecule has 3 rings (SSSR count). The number of aryl methyl sites for hydroxylation is 3. The van der Waals surface area contributed by atoms with Gasteiger partial charge in [0.2, 0.25) is 0 Å². The molecule has 17 heavy (non-hydrogen) atoms. The third kappa shape index (κ3) is 1.72. The molecule has 3 aromatic heterocycles. The van der Waals surface area contributed by atoms with Crippen LogP contribution in [0.2, 0.25) is 0 Å². The minimum absolute atomic E-state index is 1.16. The summed E-state index contributed by atoms with van der Waals surface area (Å²) in [4.78, 5) is 2.85.